The van der Waals surface area contributed by atoms with Crippen LogP contribution in [0, 0.1) is 6.92 Å². The summed E-state index contributed by atoms with van der Waals surface area (Å²) in [5, 5.41) is 1.86. The number of carbonyl (C=O) groups excluding carboxylic acids is 2. The number of carbonyl (C=O) groups is 2. The van der Waals surface area contributed by atoms with E-state index in [2.05, 4.69) is 0 Å². The predicted molar refractivity (Wildman–Crippen MR) is 123 cm³/mol. The lowest BCUT2D eigenvalue weighted by Gasteiger charge is -2.43. The van der Waals surface area contributed by atoms with Crippen LogP contribution >= 0.6 is 11.3 Å². The van der Waals surface area contributed by atoms with Gasteiger partial charge in [-0.3, -0.25) is 4.79 Å². The lowest BCUT2D eigenvalue weighted by Crippen LogP contribution is -2.55. The van der Waals surface area contributed by atoms with Gasteiger partial charge in [0.2, 0.25) is 5.91 Å². The molecule has 0 aliphatic carbocycles. The molecule has 0 N–H and O–H groups in total. The van der Waals surface area contributed by atoms with Crippen molar-refractivity contribution in [1.82, 2.24) is 14.7 Å². The third-order valence-corrected chi connectivity index (χ3v) is 7.58. The van der Waals surface area contributed by atoms with Crippen LogP contribution in [0.15, 0.2) is 29.6 Å². The number of piperazine rings is 1. The first kappa shape index (κ1) is 27.8. The zero-order valence-electron chi connectivity index (χ0n) is 20.2. The van der Waals surface area contributed by atoms with Crippen LogP contribution in [-0.2, 0) is 17.1 Å². The number of alkyl halides is 6. The normalized spacial score (nSPS) is 17.8. The smallest absolute Gasteiger partial charge is 0.338 e. The second-order valence-corrected chi connectivity index (χ2v) is 9.73. The molecule has 2 unspecified atom stereocenters. The first-order valence-electron chi connectivity index (χ1n) is 11.3. The Kier molecular flexibility index (Phi) is 7.97. The Balaban J connectivity index is 1.94. The quantitative estimate of drug-likeness (QED) is 0.420. The van der Waals surface area contributed by atoms with E-state index < -0.39 is 41.6 Å². The van der Waals surface area contributed by atoms with Crippen LogP contribution in [0.25, 0.3) is 0 Å². The number of rotatable bonds is 4. The van der Waals surface area contributed by atoms with Gasteiger partial charge in [-0.25, -0.2) is 4.79 Å². The van der Waals surface area contributed by atoms with Crippen LogP contribution in [0.5, 0.6) is 0 Å². The minimum atomic E-state index is -4.98. The second kappa shape index (κ2) is 10.3. The Bertz CT molecular complexity index is 1080. The van der Waals surface area contributed by atoms with Crippen LogP contribution in [0.2, 0.25) is 0 Å². The van der Waals surface area contributed by atoms with E-state index in [0.717, 1.165) is 15.3 Å². The molecule has 1 aromatic heterocycles. The molecule has 0 bridgehead atoms. The Morgan fingerprint density at radius 3 is 2.14 bits per heavy atom. The Hall–Kier alpha value is -2.76. The summed E-state index contributed by atoms with van der Waals surface area (Å²) in [6.45, 7) is 5.72. The molecule has 0 spiro atoms. The van der Waals surface area contributed by atoms with Crippen molar-refractivity contribution in [2.45, 2.75) is 51.6 Å². The lowest BCUT2D eigenvalue weighted by atomic mass is 9.99. The topological polar surface area (TPSA) is 43.9 Å². The molecule has 0 saturated carbocycles. The second-order valence-electron chi connectivity index (χ2n) is 8.78. The van der Waals surface area contributed by atoms with E-state index in [1.807, 2.05) is 18.4 Å². The summed E-state index contributed by atoms with van der Waals surface area (Å²) >= 11 is 1.42. The highest BCUT2D eigenvalue weighted by Crippen LogP contribution is 2.39. The van der Waals surface area contributed by atoms with E-state index in [0.29, 0.717) is 18.6 Å². The third-order valence-electron chi connectivity index (χ3n) is 6.46. The number of halogens is 6. The number of hydrogen-bond acceptors (Lipinski definition) is 3. The average molecular weight is 536 g/mol. The van der Waals surface area contributed by atoms with Crippen molar-refractivity contribution in [3.63, 3.8) is 0 Å². The van der Waals surface area contributed by atoms with Gasteiger partial charge >= 0.3 is 18.4 Å². The van der Waals surface area contributed by atoms with Gasteiger partial charge in [-0.2, -0.15) is 26.3 Å². The van der Waals surface area contributed by atoms with Crippen LogP contribution < -0.4 is 0 Å². The average Bonchev–Trinajstić information content (AvgIpc) is 3.25. The van der Waals surface area contributed by atoms with Crippen molar-refractivity contribution in [2.24, 2.45) is 0 Å². The van der Waals surface area contributed by atoms with Gasteiger partial charge in [-0.1, -0.05) is 6.92 Å². The van der Waals surface area contributed by atoms with Gasteiger partial charge in [0.1, 0.15) is 0 Å². The molecule has 36 heavy (non-hydrogen) atoms. The summed E-state index contributed by atoms with van der Waals surface area (Å²) in [4.78, 5) is 31.1. The van der Waals surface area contributed by atoms with E-state index in [-0.39, 0.29) is 37.2 Å². The molecule has 1 aliphatic rings. The number of benzene rings is 1. The van der Waals surface area contributed by atoms with E-state index >= 15 is 0 Å². The molecule has 2 aromatic rings. The highest BCUT2D eigenvalue weighted by atomic mass is 32.1. The number of amides is 3. The van der Waals surface area contributed by atoms with Gasteiger partial charge in [0.05, 0.1) is 23.2 Å². The summed E-state index contributed by atoms with van der Waals surface area (Å²) in [5.74, 6) is -0.0633. The van der Waals surface area contributed by atoms with Gasteiger partial charge < -0.3 is 14.7 Å². The van der Waals surface area contributed by atoms with Crippen molar-refractivity contribution in [2.75, 3.05) is 26.7 Å². The maximum Gasteiger partial charge on any atom is 0.416 e. The van der Waals surface area contributed by atoms with E-state index in [4.69, 9.17) is 0 Å². The highest BCUT2D eigenvalue weighted by molar-refractivity contribution is 7.10. The van der Waals surface area contributed by atoms with Gasteiger partial charge in [0.25, 0.3) is 0 Å². The number of nitrogens with zero attached hydrogens (tertiary/aromatic N) is 3. The van der Waals surface area contributed by atoms with Crippen molar-refractivity contribution in [3.8, 4) is 0 Å². The minimum absolute atomic E-state index is 0.0633. The summed E-state index contributed by atoms with van der Waals surface area (Å²) in [6, 6.07) is 1.12. The minimum Gasteiger partial charge on any atom is -0.338 e. The molecule has 1 fully saturated rings. The summed E-state index contributed by atoms with van der Waals surface area (Å²) < 4.78 is 80.0. The summed E-state index contributed by atoms with van der Waals surface area (Å²) in [7, 11) is 1.35. The maximum absolute atomic E-state index is 13.5. The first-order chi connectivity index (χ1) is 16.6. The van der Waals surface area contributed by atoms with Crippen LogP contribution in [0.3, 0.4) is 0 Å². The Morgan fingerprint density at radius 1 is 1.08 bits per heavy atom. The lowest BCUT2D eigenvalue weighted by molar-refractivity contribution is -0.143. The summed E-state index contributed by atoms with van der Waals surface area (Å²) in [6.07, 6.45) is -9.66. The van der Waals surface area contributed by atoms with Crippen LogP contribution in [0.1, 0.15) is 59.5 Å². The molecule has 1 aliphatic heterocycles. The van der Waals surface area contributed by atoms with Gasteiger partial charge in [0.15, 0.2) is 0 Å². The molecule has 2 heterocycles. The molecule has 3 amide bonds. The zero-order valence-corrected chi connectivity index (χ0v) is 21.0. The predicted octanol–water partition coefficient (Wildman–Crippen LogP) is 6.50. The van der Waals surface area contributed by atoms with E-state index in [1.165, 1.54) is 30.2 Å². The maximum atomic E-state index is 13.5. The van der Waals surface area contributed by atoms with Gasteiger partial charge in [0, 0.05) is 38.0 Å². The molecule has 5 nitrogen and oxygen atoms in total. The van der Waals surface area contributed by atoms with Gasteiger partial charge in [-0.05, 0) is 54.6 Å². The molecule has 1 saturated heterocycles. The van der Waals surface area contributed by atoms with E-state index in [1.54, 1.807) is 11.8 Å². The van der Waals surface area contributed by atoms with E-state index in [9.17, 15) is 35.9 Å². The third kappa shape index (κ3) is 5.79. The largest absolute Gasteiger partial charge is 0.416 e. The molecular formula is C24H27F6N3O2S. The molecule has 2 atom stereocenters. The molecule has 198 valence electrons. The molecular weight excluding hydrogens is 508 g/mol. The molecule has 3 rings (SSSR count). The standard InChI is InChI=1S/C24H27F6N3O2S/c1-5-20(34)32-7-8-33(19(13-32)21-14(2)6-9-36-21)22(35)31(4)15(3)16-10-17(23(25,26)27)12-18(11-16)24(28,29)30/h6,9-12,15,19H,5,7-8,13H2,1-4H3. The number of aryl methyl sites for hydroxylation is 1. The monoisotopic (exact) mass is 535 g/mol. The fourth-order valence-corrected chi connectivity index (χ4v) is 5.26. The molecule has 12 heteroatoms. The van der Waals surface area contributed by atoms with Gasteiger partial charge in [-0.15, -0.1) is 11.3 Å². The SMILES string of the molecule is CCC(=O)N1CCN(C(=O)N(C)C(C)c2cc(C(F)(F)F)cc(C(F)(F)F)c2)C(c2sccc2C)C1. The highest BCUT2D eigenvalue weighted by Gasteiger charge is 2.39. The number of urea groups is 1. The van der Waals surface area contributed by atoms with Crippen LogP contribution in [0.4, 0.5) is 31.1 Å². The molecule has 1 aromatic carbocycles. The molecule has 0 radical (unpaired) electrons. The summed E-state index contributed by atoms with van der Waals surface area (Å²) in [5.41, 5.74) is -2.22. The fraction of sp³-hybridized carbons (Fsp3) is 0.500. The first-order valence-corrected chi connectivity index (χ1v) is 12.2. The fourth-order valence-electron chi connectivity index (χ4n) is 4.22. The van der Waals surface area contributed by atoms with Crippen molar-refractivity contribution >= 4 is 23.3 Å². The van der Waals surface area contributed by atoms with Crippen molar-refractivity contribution in [1.29, 1.82) is 0 Å². The number of thiophene rings is 1. The zero-order chi connectivity index (χ0) is 27.0. The van der Waals surface area contributed by atoms with Crippen LogP contribution in [-0.4, -0.2) is 53.3 Å². The van der Waals surface area contributed by atoms with Crippen molar-refractivity contribution < 1.29 is 35.9 Å². The Labute approximate surface area is 209 Å². The number of hydrogen-bond donors (Lipinski definition) is 0. The Morgan fingerprint density at radius 2 is 1.67 bits per heavy atom. The van der Waals surface area contributed by atoms with Crippen molar-refractivity contribution in [3.05, 3.63) is 56.8 Å².